The first-order valence-corrected chi connectivity index (χ1v) is 11.9. The van der Waals surface area contributed by atoms with E-state index in [1.165, 1.54) is 19.1 Å². The fraction of sp³-hybridized carbons (Fsp3) is 0.474. The molecule has 1 aliphatic carbocycles. The summed E-state index contributed by atoms with van der Waals surface area (Å²) in [5.74, 6) is 0. The summed E-state index contributed by atoms with van der Waals surface area (Å²) in [5.41, 5.74) is 2.84. The van der Waals surface area contributed by atoms with Gasteiger partial charge in [0.2, 0.25) is 0 Å². The zero-order chi connectivity index (χ0) is 19.5. The zero-order valence-electron chi connectivity index (χ0n) is 15.6. The van der Waals surface area contributed by atoms with Gasteiger partial charge in [0.05, 0.1) is 46.1 Å². The number of fused-ring (bicyclic) bond motifs is 1. The van der Waals surface area contributed by atoms with Crippen LogP contribution in [0.4, 0.5) is 5.69 Å². The molecule has 0 bridgehead atoms. The van der Waals surface area contributed by atoms with Crippen LogP contribution in [-0.4, -0.2) is 52.6 Å². The van der Waals surface area contributed by atoms with E-state index in [0.29, 0.717) is 37.0 Å². The Hall–Kier alpha value is -2.06. The second-order valence-corrected chi connectivity index (χ2v) is 10.6. The number of sulfone groups is 1. The average molecular weight is 420 g/mol. The first-order chi connectivity index (χ1) is 13.4. The lowest BCUT2D eigenvalue weighted by atomic mass is 10.1. The summed E-state index contributed by atoms with van der Waals surface area (Å²) in [6.07, 6.45) is 10.6. The highest BCUT2D eigenvalue weighted by atomic mass is 35.5. The van der Waals surface area contributed by atoms with Crippen LogP contribution in [-0.2, 0) is 9.84 Å². The van der Waals surface area contributed by atoms with Crippen molar-refractivity contribution in [2.45, 2.75) is 37.0 Å². The van der Waals surface area contributed by atoms with E-state index in [0.717, 1.165) is 22.3 Å². The Morgan fingerprint density at radius 2 is 1.82 bits per heavy atom. The largest absolute Gasteiger partial charge is 0.370 e. The van der Waals surface area contributed by atoms with E-state index in [-0.39, 0.29) is 5.25 Å². The first-order valence-electron chi connectivity index (χ1n) is 9.56. The van der Waals surface area contributed by atoms with Crippen molar-refractivity contribution < 1.29 is 8.42 Å². The fourth-order valence-electron chi connectivity index (χ4n) is 3.98. The average Bonchev–Trinajstić information content (AvgIpc) is 3.25. The minimum absolute atomic E-state index is 0.259. The molecule has 1 aromatic carbocycles. The molecule has 148 valence electrons. The van der Waals surface area contributed by atoms with E-state index in [4.69, 9.17) is 11.6 Å². The van der Waals surface area contributed by atoms with Gasteiger partial charge in [-0.05, 0) is 37.8 Å². The Morgan fingerprint density at radius 3 is 2.50 bits per heavy atom. The number of anilines is 1. The van der Waals surface area contributed by atoms with Gasteiger partial charge in [0.1, 0.15) is 15.5 Å². The predicted octanol–water partition coefficient (Wildman–Crippen LogP) is 3.22. The smallest absolute Gasteiger partial charge is 0.150 e. The molecule has 2 aromatic heterocycles. The van der Waals surface area contributed by atoms with E-state index in [1.54, 1.807) is 0 Å². The molecule has 1 saturated carbocycles. The van der Waals surface area contributed by atoms with Crippen LogP contribution in [0.15, 0.2) is 30.7 Å². The number of aromatic nitrogens is 4. The molecular weight excluding hydrogens is 398 g/mol. The first kappa shape index (κ1) is 18.0. The van der Waals surface area contributed by atoms with Crippen molar-refractivity contribution >= 4 is 38.0 Å². The summed E-state index contributed by atoms with van der Waals surface area (Å²) < 4.78 is 27.6. The summed E-state index contributed by atoms with van der Waals surface area (Å²) in [6, 6.07) is 4.51. The van der Waals surface area contributed by atoms with Crippen LogP contribution in [0.1, 0.15) is 31.7 Å². The maximum absolute atomic E-state index is 11.8. The normalized spacial score (nSPS) is 18.9. The number of hydrogen-bond acceptors (Lipinski definition) is 5. The van der Waals surface area contributed by atoms with Gasteiger partial charge in [-0.1, -0.05) is 11.6 Å². The van der Waals surface area contributed by atoms with Crippen molar-refractivity contribution in [3.8, 4) is 5.69 Å². The van der Waals surface area contributed by atoms with Crippen LogP contribution < -0.4 is 4.90 Å². The quantitative estimate of drug-likeness (QED) is 0.649. The van der Waals surface area contributed by atoms with Gasteiger partial charge in [-0.2, -0.15) is 10.2 Å². The van der Waals surface area contributed by atoms with E-state index >= 15 is 0 Å². The summed E-state index contributed by atoms with van der Waals surface area (Å²) >= 11 is 6.56. The van der Waals surface area contributed by atoms with Crippen molar-refractivity contribution in [2.24, 2.45) is 0 Å². The SMILES string of the molecule is CS(=O)(=O)C1CCN(c2cc3c(cnn3-c3cnn(C4CC4)c3)cc2Cl)CC1. The fourth-order valence-corrected chi connectivity index (χ4v) is 5.34. The molecule has 7 nitrogen and oxygen atoms in total. The van der Waals surface area contributed by atoms with E-state index < -0.39 is 9.84 Å². The van der Waals surface area contributed by atoms with E-state index in [2.05, 4.69) is 21.2 Å². The molecule has 0 radical (unpaired) electrons. The van der Waals surface area contributed by atoms with Gasteiger partial charge in [-0.15, -0.1) is 0 Å². The molecule has 3 heterocycles. The maximum Gasteiger partial charge on any atom is 0.150 e. The highest BCUT2D eigenvalue weighted by molar-refractivity contribution is 7.91. The van der Waals surface area contributed by atoms with Crippen LogP contribution in [0.5, 0.6) is 0 Å². The highest BCUT2D eigenvalue weighted by Crippen LogP contribution is 2.36. The van der Waals surface area contributed by atoms with Gasteiger partial charge in [-0.3, -0.25) is 4.68 Å². The molecule has 9 heteroatoms. The second kappa shape index (κ2) is 6.49. The molecule has 2 aliphatic rings. The molecule has 0 atom stereocenters. The van der Waals surface area contributed by atoms with Gasteiger partial charge in [0.25, 0.3) is 0 Å². The third kappa shape index (κ3) is 3.18. The maximum atomic E-state index is 11.8. The molecule has 1 saturated heterocycles. The number of nitrogens with zero attached hydrogens (tertiary/aromatic N) is 5. The monoisotopic (exact) mass is 419 g/mol. The molecule has 0 N–H and O–H groups in total. The van der Waals surface area contributed by atoms with Gasteiger partial charge in [0, 0.05) is 24.7 Å². The van der Waals surface area contributed by atoms with Gasteiger partial charge in [-0.25, -0.2) is 13.1 Å². The van der Waals surface area contributed by atoms with Crippen molar-refractivity contribution in [3.05, 3.63) is 35.7 Å². The number of rotatable bonds is 4. The Kier molecular flexibility index (Phi) is 4.17. The van der Waals surface area contributed by atoms with Crippen LogP contribution in [0.25, 0.3) is 16.6 Å². The lowest BCUT2D eigenvalue weighted by Crippen LogP contribution is -2.39. The Labute approximate surface area is 168 Å². The molecule has 0 amide bonds. The Balaban J connectivity index is 1.47. The zero-order valence-corrected chi connectivity index (χ0v) is 17.2. The Bertz CT molecular complexity index is 1140. The number of halogens is 1. The third-order valence-corrected chi connectivity index (χ3v) is 7.76. The summed E-state index contributed by atoms with van der Waals surface area (Å²) in [5, 5.41) is 10.4. The topological polar surface area (TPSA) is 73.0 Å². The number of piperidine rings is 1. The third-order valence-electron chi connectivity index (χ3n) is 5.78. The van der Waals surface area contributed by atoms with Gasteiger partial charge < -0.3 is 4.90 Å². The molecule has 28 heavy (non-hydrogen) atoms. The van der Waals surface area contributed by atoms with Crippen molar-refractivity contribution in [1.29, 1.82) is 0 Å². The summed E-state index contributed by atoms with van der Waals surface area (Å²) in [6.45, 7) is 1.35. The van der Waals surface area contributed by atoms with Gasteiger partial charge >= 0.3 is 0 Å². The number of hydrogen-bond donors (Lipinski definition) is 0. The minimum atomic E-state index is -2.99. The van der Waals surface area contributed by atoms with E-state index in [1.807, 2.05) is 34.0 Å². The van der Waals surface area contributed by atoms with Crippen molar-refractivity contribution in [3.63, 3.8) is 0 Å². The lowest BCUT2D eigenvalue weighted by Gasteiger charge is -2.33. The minimum Gasteiger partial charge on any atom is -0.370 e. The van der Waals surface area contributed by atoms with Crippen LogP contribution >= 0.6 is 11.6 Å². The Morgan fingerprint density at radius 1 is 1.07 bits per heavy atom. The second-order valence-electron chi connectivity index (χ2n) is 7.84. The predicted molar refractivity (Wildman–Crippen MR) is 110 cm³/mol. The lowest BCUT2D eigenvalue weighted by molar-refractivity contribution is 0.534. The molecule has 2 fully saturated rings. The highest BCUT2D eigenvalue weighted by Gasteiger charge is 2.28. The molecule has 0 unspecified atom stereocenters. The summed E-state index contributed by atoms with van der Waals surface area (Å²) in [7, 11) is -2.99. The molecule has 0 spiro atoms. The van der Waals surface area contributed by atoms with E-state index in [9.17, 15) is 8.42 Å². The van der Waals surface area contributed by atoms with Crippen LogP contribution in [0, 0.1) is 0 Å². The van der Waals surface area contributed by atoms with Crippen molar-refractivity contribution in [1.82, 2.24) is 19.6 Å². The molecule has 3 aromatic rings. The summed E-state index contributed by atoms with van der Waals surface area (Å²) in [4.78, 5) is 2.18. The molecule has 1 aliphatic heterocycles. The van der Waals surface area contributed by atoms with Crippen molar-refractivity contribution in [2.75, 3.05) is 24.2 Å². The molecule has 5 rings (SSSR count). The molecular formula is C19H22ClN5O2S. The van der Waals surface area contributed by atoms with Gasteiger partial charge in [0.15, 0.2) is 0 Å². The van der Waals surface area contributed by atoms with Crippen LogP contribution in [0.2, 0.25) is 5.02 Å². The number of benzene rings is 1. The standard InChI is InChI=1S/C19H22ClN5O2S/c1-28(26,27)16-4-6-23(7-5-16)19-9-18-13(8-17(19)20)10-22-25(18)15-11-21-24(12-15)14-2-3-14/h8-12,14,16H,2-7H2,1H3. The van der Waals surface area contributed by atoms with Crippen LogP contribution in [0.3, 0.4) is 0 Å².